The normalized spacial score (nSPS) is 16.6. The summed E-state index contributed by atoms with van der Waals surface area (Å²) in [5.41, 5.74) is 8.07. The molecule has 5 rings (SSSR count). The first kappa shape index (κ1) is 17.9. The van der Waals surface area contributed by atoms with Crippen molar-refractivity contribution in [2.45, 2.75) is 51.6 Å². The summed E-state index contributed by atoms with van der Waals surface area (Å²) in [5.74, 6) is -0.146. The van der Waals surface area contributed by atoms with E-state index in [1.165, 1.54) is 36.5 Å². The van der Waals surface area contributed by atoms with Gasteiger partial charge in [0.2, 0.25) is 22.1 Å². The van der Waals surface area contributed by atoms with Crippen LogP contribution in [0.25, 0.3) is 20.4 Å². The van der Waals surface area contributed by atoms with Crippen molar-refractivity contribution in [3.63, 3.8) is 0 Å². The molecule has 146 valence electrons. The lowest BCUT2D eigenvalue weighted by atomic mass is 10.3. The van der Waals surface area contributed by atoms with Gasteiger partial charge in [0.1, 0.15) is 0 Å². The van der Waals surface area contributed by atoms with Gasteiger partial charge >= 0.3 is 0 Å². The van der Waals surface area contributed by atoms with Crippen molar-refractivity contribution in [1.29, 1.82) is 0 Å². The van der Waals surface area contributed by atoms with Gasteiger partial charge in [-0.25, -0.2) is 30.8 Å². The van der Waals surface area contributed by atoms with Crippen LogP contribution in [0.3, 0.4) is 0 Å². The fourth-order valence-corrected chi connectivity index (χ4v) is 4.94. The maximum Gasteiger partial charge on any atom is 0.240 e. The van der Waals surface area contributed by atoms with Crippen LogP contribution < -0.4 is 20.9 Å². The van der Waals surface area contributed by atoms with Gasteiger partial charge in [0.25, 0.3) is 0 Å². The summed E-state index contributed by atoms with van der Waals surface area (Å²) in [7, 11) is 0. The van der Waals surface area contributed by atoms with Gasteiger partial charge in [0, 0.05) is 25.9 Å². The highest BCUT2D eigenvalue weighted by atomic mass is 32.1. The Hall–Kier alpha value is -2.14. The molecule has 2 N–H and O–H groups in total. The first-order valence-electron chi connectivity index (χ1n) is 9.33. The Morgan fingerprint density at radius 2 is 1.29 bits per heavy atom. The maximum absolute atomic E-state index is 12.0. The summed E-state index contributed by atoms with van der Waals surface area (Å²) in [4.78, 5) is 33.3. The van der Waals surface area contributed by atoms with Crippen molar-refractivity contribution in [3.8, 4) is 0 Å². The number of anilines is 2. The molecule has 2 amide bonds. The minimum atomic E-state index is -0.0728. The molecule has 8 nitrogen and oxygen atoms in total. The smallest absolute Gasteiger partial charge is 0.240 e. The molecule has 2 aliphatic carbocycles. The summed E-state index contributed by atoms with van der Waals surface area (Å²) in [5, 5.41) is 4.39. The fourth-order valence-electron chi connectivity index (χ4n) is 2.87. The molecule has 2 aliphatic rings. The Bertz CT molecular complexity index is 952. The van der Waals surface area contributed by atoms with Crippen molar-refractivity contribution in [1.82, 2.24) is 20.8 Å². The summed E-state index contributed by atoms with van der Waals surface area (Å²) < 4.78 is 1.98. The first-order chi connectivity index (χ1) is 13.5. The second-order valence-corrected chi connectivity index (χ2v) is 9.31. The SMILES string of the molecule is CC(=O)N(NC1CC1)c1nc2cc3nc(N(NC4CC4)C(C)=O)sc3cc2s1. The Balaban J connectivity index is 1.49. The van der Waals surface area contributed by atoms with Crippen molar-refractivity contribution in [3.05, 3.63) is 12.1 Å². The largest absolute Gasteiger partial charge is 0.273 e. The van der Waals surface area contributed by atoms with Crippen LogP contribution >= 0.6 is 22.7 Å². The number of hydrazine groups is 2. The Kier molecular flexibility index (Phi) is 4.31. The molecule has 0 unspecified atom stereocenters. The number of thiazole rings is 2. The van der Waals surface area contributed by atoms with E-state index in [1.54, 1.807) is 10.0 Å². The molecule has 2 aromatic heterocycles. The minimum Gasteiger partial charge on any atom is -0.273 e. The minimum absolute atomic E-state index is 0.0728. The highest BCUT2D eigenvalue weighted by Crippen LogP contribution is 2.36. The quantitative estimate of drug-likeness (QED) is 0.601. The van der Waals surface area contributed by atoms with Crippen LogP contribution in [0.15, 0.2) is 12.1 Å². The number of hydrogen-bond donors (Lipinski definition) is 2. The second kappa shape index (κ2) is 6.73. The van der Waals surface area contributed by atoms with Gasteiger partial charge < -0.3 is 0 Å². The molecule has 2 saturated carbocycles. The molecule has 3 aromatic rings. The van der Waals surface area contributed by atoms with E-state index < -0.39 is 0 Å². The Morgan fingerprint density at radius 3 is 1.64 bits per heavy atom. The molecule has 0 radical (unpaired) electrons. The summed E-state index contributed by atoms with van der Waals surface area (Å²) in [6, 6.07) is 4.69. The molecule has 28 heavy (non-hydrogen) atoms. The van der Waals surface area contributed by atoms with Gasteiger partial charge in [-0.2, -0.15) is 0 Å². The molecule has 0 spiro atoms. The standard InChI is InChI=1S/C18H20N6O2S2/c1-9(25)23(21-11-3-4-11)17-19-13-7-14-16(8-15(13)27-17)28-18(20-14)24(10(2)26)22-12-5-6-12/h7-8,11-12,21-22H,3-6H2,1-2H3. The zero-order valence-electron chi connectivity index (χ0n) is 15.6. The van der Waals surface area contributed by atoms with Gasteiger partial charge in [-0.3, -0.25) is 9.59 Å². The average molecular weight is 417 g/mol. The molecule has 0 saturated heterocycles. The van der Waals surface area contributed by atoms with Crippen LogP contribution in [0.5, 0.6) is 0 Å². The van der Waals surface area contributed by atoms with E-state index in [0.717, 1.165) is 46.1 Å². The number of carbonyl (C=O) groups is 2. The average Bonchev–Trinajstić information content (AvgIpc) is 3.55. The predicted molar refractivity (Wildman–Crippen MR) is 111 cm³/mol. The number of nitrogens with one attached hydrogen (secondary N) is 2. The number of carbonyl (C=O) groups excluding carboxylic acids is 2. The van der Waals surface area contributed by atoms with Gasteiger partial charge in [-0.1, -0.05) is 22.7 Å². The van der Waals surface area contributed by atoms with Crippen molar-refractivity contribution in [2.24, 2.45) is 0 Å². The van der Waals surface area contributed by atoms with E-state index in [1.807, 2.05) is 12.1 Å². The number of rotatable bonds is 6. The summed E-state index contributed by atoms with van der Waals surface area (Å²) in [6.07, 6.45) is 4.33. The predicted octanol–water partition coefficient (Wildman–Crippen LogP) is 2.95. The van der Waals surface area contributed by atoms with E-state index in [0.29, 0.717) is 22.3 Å². The molecule has 0 atom stereocenters. The third-order valence-electron chi connectivity index (χ3n) is 4.67. The van der Waals surface area contributed by atoms with Gasteiger partial charge in [0.05, 0.1) is 20.4 Å². The zero-order valence-corrected chi connectivity index (χ0v) is 17.2. The van der Waals surface area contributed by atoms with Crippen molar-refractivity contribution < 1.29 is 9.59 Å². The van der Waals surface area contributed by atoms with Gasteiger partial charge in [-0.15, -0.1) is 0 Å². The number of benzene rings is 1. The molecule has 1 aromatic carbocycles. The molecule has 2 fully saturated rings. The van der Waals surface area contributed by atoms with E-state index in [9.17, 15) is 9.59 Å². The molecular weight excluding hydrogens is 396 g/mol. The Morgan fingerprint density at radius 1 is 0.857 bits per heavy atom. The third-order valence-corrected chi connectivity index (χ3v) is 6.67. The lowest BCUT2D eigenvalue weighted by Crippen LogP contribution is -2.43. The van der Waals surface area contributed by atoms with Crippen molar-refractivity contribution in [2.75, 3.05) is 10.0 Å². The number of fused-ring (bicyclic) bond motifs is 2. The fraction of sp³-hybridized carbons (Fsp3) is 0.444. The van der Waals surface area contributed by atoms with Crippen LogP contribution in [0.2, 0.25) is 0 Å². The molecular formula is C18H20N6O2S2. The molecule has 0 aliphatic heterocycles. The van der Waals surface area contributed by atoms with Crippen LogP contribution in [0.1, 0.15) is 39.5 Å². The van der Waals surface area contributed by atoms with Crippen LogP contribution in [-0.2, 0) is 9.59 Å². The lowest BCUT2D eigenvalue weighted by Gasteiger charge is -2.18. The maximum atomic E-state index is 12.0. The zero-order chi connectivity index (χ0) is 19.4. The Labute approximate surface area is 169 Å². The van der Waals surface area contributed by atoms with Crippen molar-refractivity contribution >= 4 is 65.2 Å². The summed E-state index contributed by atoms with van der Waals surface area (Å²) >= 11 is 2.95. The number of amides is 2. The second-order valence-electron chi connectivity index (χ2n) is 7.30. The van der Waals surface area contributed by atoms with E-state index in [4.69, 9.17) is 0 Å². The van der Waals surface area contributed by atoms with E-state index in [2.05, 4.69) is 20.8 Å². The number of nitrogens with zero attached hydrogens (tertiary/aromatic N) is 4. The third kappa shape index (κ3) is 3.48. The molecule has 10 heteroatoms. The first-order valence-corrected chi connectivity index (χ1v) is 11.0. The molecule has 0 bridgehead atoms. The lowest BCUT2D eigenvalue weighted by molar-refractivity contribution is -0.118. The van der Waals surface area contributed by atoms with Gasteiger partial charge in [-0.05, 0) is 37.8 Å². The highest BCUT2D eigenvalue weighted by Gasteiger charge is 2.29. The van der Waals surface area contributed by atoms with Crippen LogP contribution in [0, 0.1) is 0 Å². The number of hydrogen-bond acceptors (Lipinski definition) is 8. The van der Waals surface area contributed by atoms with E-state index in [-0.39, 0.29) is 11.8 Å². The number of aromatic nitrogens is 2. The summed E-state index contributed by atoms with van der Waals surface area (Å²) in [6.45, 7) is 3.08. The highest BCUT2D eigenvalue weighted by molar-refractivity contribution is 7.24. The van der Waals surface area contributed by atoms with Crippen LogP contribution in [0.4, 0.5) is 10.3 Å². The monoisotopic (exact) mass is 416 g/mol. The topological polar surface area (TPSA) is 90.5 Å². The van der Waals surface area contributed by atoms with Gasteiger partial charge in [0.15, 0.2) is 0 Å². The van der Waals surface area contributed by atoms with E-state index >= 15 is 0 Å². The van der Waals surface area contributed by atoms with Crippen LogP contribution in [-0.4, -0.2) is 33.9 Å². The molecule has 2 heterocycles.